The molecule has 1 aliphatic carbocycles. The third-order valence-corrected chi connectivity index (χ3v) is 3.05. The molecule has 1 rings (SSSR count). The van der Waals surface area contributed by atoms with Crippen LogP contribution in [0, 0.1) is 11.8 Å². The van der Waals surface area contributed by atoms with Gasteiger partial charge in [-0.3, -0.25) is 4.79 Å². The predicted molar refractivity (Wildman–Crippen MR) is 55.7 cm³/mol. The molecule has 0 aliphatic heterocycles. The second-order valence-corrected chi connectivity index (χ2v) is 4.66. The van der Waals surface area contributed by atoms with E-state index in [1.165, 1.54) is 0 Å². The number of hydrogen-bond acceptors (Lipinski definition) is 3. The molecule has 0 radical (unpaired) electrons. The number of nitrogens with two attached hydrogens (primary N) is 1. The van der Waals surface area contributed by atoms with Gasteiger partial charge in [0.15, 0.2) is 0 Å². The van der Waals surface area contributed by atoms with Crippen LogP contribution in [0.5, 0.6) is 0 Å². The predicted octanol–water partition coefficient (Wildman–Crippen LogP) is 1.70. The fraction of sp³-hybridized carbons (Fsp3) is 0.909. The van der Waals surface area contributed by atoms with Crippen molar-refractivity contribution in [3.8, 4) is 0 Å². The van der Waals surface area contributed by atoms with E-state index in [4.69, 9.17) is 10.5 Å². The van der Waals surface area contributed by atoms with Crippen molar-refractivity contribution in [2.75, 3.05) is 0 Å². The third kappa shape index (κ3) is 2.98. The minimum absolute atomic E-state index is 0.0133. The Labute approximate surface area is 86.0 Å². The molecule has 3 heteroatoms. The standard InChI is InChI=1S/C11H21NO2/c1-7(2)8(3)14-11(13)9-4-5-10(12)6-9/h7-10H,4-6,12H2,1-3H3/t8?,9-,10+/m1/s1. The third-order valence-electron chi connectivity index (χ3n) is 3.05. The molecule has 0 saturated heterocycles. The topological polar surface area (TPSA) is 52.3 Å². The van der Waals surface area contributed by atoms with Gasteiger partial charge in [-0.05, 0) is 32.1 Å². The molecule has 3 nitrogen and oxygen atoms in total. The quantitative estimate of drug-likeness (QED) is 0.704. The molecular weight excluding hydrogens is 178 g/mol. The summed E-state index contributed by atoms with van der Waals surface area (Å²) >= 11 is 0. The zero-order chi connectivity index (χ0) is 10.7. The summed E-state index contributed by atoms with van der Waals surface area (Å²) < 4.78 is 5.35. The van der Waals surface area contributed by atoms with Crippen LogP contribution in [0.2, 0.25) is 0 Å². The summed E-state index contributed by atoms with van der Waals surface area (Å²) in [6.07, 6.45) is 2.66. The molecule has 0 spiro atoms. The van der Waals surface area contributed by atoms with Gasteiger partial charge in [-0.15, -0.1) is 0 Å². The van der Waals surface area contributed by atoms with E-state index < -0.39 is 0 Å². The smallest absolute Gasteiger partial charge is 0.309 e. The minimum atomic E-state index is -0.0563. The number of esters is 1. The van der Waals surface area contributed by atoms with E-state index in [1.54, 1.807) is 0 Å². The number of rotatable bonds is 3. The normalized spacial score (nSPS) is 29.2. The summed E-state index contributed by atoms with van der Waals surface area (Å²) in [6, 6.07) is 0.196. The number of ether oxygens (including phenoxy) is 1. The lowest BCUT2D eigenvalue weighted by atomic mass is 10.1. The van der Waals surface area contributed by atoms with E-state index in [0.29, 0.717) is 5.92 Å². The van der Waals surface area contributed by atoms with E-state index in [9.17, 15) is 4.79 Å². The molecule has 14 heavy (non-hydrogen) atoms. The zero-order valence-electron chi connectivity index (χ0n) is 9.32. The van der Waals surface area contributed by atoms with Gasteiger partial charge in [0.2, 0.25) is 0 Å². The number of hydrogen-bond donors (Lipinski definition) is 1. The maximum absolute atomic E-state index is 11.6. The Kier molecular flexibility index (Phi) is 3.93. The average molecular weight is 199 g/mol. The van der Waals surface area contributed by atoms with Gasteiger partial charge >= 0.3 is 5.97 Å². The maximum atomic E-state index is 11.6. The minimum Gasteiger partial charge on any atom is -0.462 e. The zero-order valence-corrected chi connectivity index (χ0v) is 9.32. The van der Waals surface area contributed by atoms with Gasteiger partial charge in [0, 0.05) is 6.04 Å². The van der Waals surface area contributed by atoms with Gasteiger partial charge in [-0.1, -0.05) is 13.8 Å². The fourth-order valence-electron chi connectivity index (χ4n) is 1.65. The highest BCUT2D eigenvalue weighted by Gasteiger charge is 2.30. The van der Waals surface area contributed by atoms with Crippen molar-refractivity contribution < 1.29 is 9.53 Å². The van der Waals surface area contributed by atoms with Crippen molar-refractivity contribution in [1.29, 1.82) is 0 Å². The molecule has 0 aromatic heterocycles. The Bertz CT molecular complexity index is 203. The second-order valence-electron chi connectivity index (χ2n) is 4.66. The van der Waals surface area contributed by atoms with Crippen molar-refractivity contribution in [3.63, 3.8) is 0 Å². The van der Waals surface area contributed by atoms with E-state index >= 15 is 0 Å². The summed E-state index contributed by atoms with van der Waals surface area (Å²) in [4.78, 5) is 11.6. The molecule has 1 fully saturated rings. The van der Waals surface area contributed by atoms with Crippen LogP contribution in [0.3, 0.4) is 0 Å². The lowest BCUT2D eigenvalue weighted by Gasteiger charge is -2.19. The van der Waals surface area contributed by atoms with E-state index in [0.717, 1.165) is 19.3 Å². The summed E-state index contributed by atoms with van der Waals surface area (Å²) in [5.74, 6) is 0.374. The van der Waals surface area contributed by atoms with Gasteiger partial charge in [0.25, 0.3) is 0 Å². The molecule has 0 aromatic carbocycles. The number of carbonyl (C=O) groups is 1. The molecular formula is C11H21NO2. The largest absolute Gasteiger partial charge is 0.462 e. The summed E-state index contributed by atoms with van der Waals surface area (Å²) in [6.45, 7) is 6.05. The Morgan fingerprint density at radius 3 is 2.43 bits per heavy atom. The molecule has 1 aliphatic rings. The van der Waals surface area contributed by atoms with Crippen LogP contribution in [-0.4, -0.2) is 18.1 Å². The highest BCUT2D eigenvalue weighted by molar-refractivity contribution is 5.73. The second kappa shape index (κ2) is 4.78. The van der Waals surface area contributed by atoms with Crippen LogP contribution >= 0.6 is 0 Å². The van der Waals surface area contributed by atoms with Crippen LogP contribution < -0.4 is 5.73 Å². The van der Waals surface area contributed by atoms with Crippen molar-refractivity contribution >= 4 is 5.97 Å². The first-order valence-corrected chi connectivity index (χ1v) is 5.46. The van der Waals surface area contributed by atoms with Gasteiger partial charge < -0.3 is 10.5 Å². The van der Waals surface area contributed by atoms with Crippen molar-refractivity contribution in [3.05, 3.63) is 0 Å². The fourth-order valence-corrected chi connectivity index (χ4v) is 1.65. The molecule has 0 heterocycles. The Hall–Kier alpha value is -0.570. The van der Waals surface area contributed by atoms with Crippen molar-refractivity contribution in [1.82, 2.24) is 0 Å². The molecule has 1 unspecified atom stereocenters. The molecule has 1 saturated carbocycles. The van der Waals surface area contributed by atoms with Crippen LogP contribution in [0.15, 0.2) is 0 Å². The summed E-state index contributed by atoms with van der Waals surface area (Å²) in [5.41, 5.74) is 5.75. The Morgan fingerprint density at radius 2 is 2.00 bits per heavy atom. The van der Waals surface area contributed by atoms with E-state index in [1.807, 2.05) is 6.92 Å². The first-order chi connectivity index (χ1) is 6.50. The lowest BCUT2D eigenvalue weighted by Crippen LogP contribution is -2.25. The summed E-state index contributed by atoms with van der Waals surface area (Å²) in [7, 11) is 0. The van der Waals surface area contributed by atoms with Gasteiger partial charge in [0.05, 0.1) is 5.92 Å². The van der Waals surface area contributed by atoms with E-state index in [-0.39, 0.29) is 24.0 Å². The molecule has 82 valence electrons. The van der Waals surface area contributed by atoms with Gasteiger partial charge in [0.1, 0.15) is 6.10 Å². The first kappa shape index (κ1) is 11.5. The van der Waals surface area contributed by atoms with Crippen LogP contribution in [0.25, 0.3) is 0 Å². The molecule has 3 atom stereocenters. The maximum Gasteiger partial charge on any atom is 0.309 e. The van der Waals surface area contributed by atoms with Crippen molar-refractivity contribution in [2.45, 2.75) is 52.2 Å². The van der Waals surface area contributed by atoms with Crippen LogP contribution in [-0.2, 0) is 9.53 Å². The monoisotopic (exact) mass is 199 g/mol. The molecule has 0 aromatic rings. The Morgan fingerprint density at radius 1 is 1.36 bits per heavy atom. The van der Waals surface area contributed by atoms with Gasteiger partial charge in [-0.25, -0.2) is 0 Å². The van der Waals surface area contributed by atoms with Crippen molar-refractivity contribution in [2.24, 2.45) is 17.6 Å². The van der Waals surface area contributed by atoms with Crippen LogP contribution in [0.1, 0.15) is 40.0 Å². The molecule has 2 N–H and O–H groups in total. The molecule has 0 bridgehead atoms. The molecule has 0 amide bonds. The average Bonchev–Trinajstić information content (AvgIpc) is 2.51. The highest BCUT2D eigenvalue weighted by Crippen LogP contribution is 2.26. The lowest BCUT2D eigenvalue weighted by molar-refractivity contribution is -0.155. The van der Waals surface area contributed by atoms with E-state index in [2.05, 4.69) is 13.8 Å². The first-order valence-electron chi connectivity index (χ1n) is 5.46. The number of carbonyl (C=O) groups excluding carboxylic acids is 1. The van der Waals surface area contributed by atoms with Gasteiger partial charge in [-0.2, -0.15) is 0 Å². The summed E-state index contributed by atoms with van der Waals surface area (Å²) in [5, 5.41) is 0. The SMILES string of the molecule is CC(C)C(C)OC(=O)[C@@H]1CC[C@H](N)C1. The Balaban J connectivity index is 2.35. The van der Waals surface area contributed by atoms with Crippen LogP contribution in [0.4, 0.5) is 0 Å². The highest BCUT2D eigenvalue weighted by atomic mass is 16.5.